The minimum absolute atomic E-state index is 0.100. The monoisotopic (exact) mass is 277 g/mol. The summed E-state index contributed by atoms with van der Waals surface area (Å²) in [5, 5.41) is 10.3. The first-order valence-corrected chi connectivity index (χ1v) is 7.64. The fourth-order valence-electron chi connectivity index (χ4n) is 1.45. The summed E-state index contributed by atoms with van der Waals surface area (Å²) in [7, 11) is -2.96. The van der Waals surface area contributed by atoms with Gasteiger partial charge in [-0.25, -0.2) is 8.42 Å². The van der Waals surface area contributed by atoms with Gasteiger partial charge in [0.1, 0.15) is 9.84 Å². The fraction of sp³-hybridized carbons (Fsp3) is 0.545. The molecular weight excluding hydrogens is 262 g/mol. The highest BCUT2D eigenvalue weighted by molar-refractivity contribution is 7.91. The number of hydrogen-bond acceptors (Lipinski definition) is 4. The Labute approximate surface area is 107 Å². The lowest BCUT2D eigenvalue weighted by atomic mass is 10.1. The largest absolute Gasteiger partial charge is 0.388 e. The Kier molecular flexibility index (Phi) is 5.36. The van der Waals surface area contributed by atoms with Crippen molar-refractivity contribution in [2.24, 2.45) is 0 Å². The molecule has 0 saturated carbocycles. The average Bonchev–Trinajstić information content (AvgIpc) is 2.29. The van der Waals surface area contributed by atoms with Crippen LogP contribution in [0.25, 0.3) is 0 Å². The molecule has 1 aromatic heterocycles. The minimum Gasteiger partial charge on any atom is -0.388 e. The lowest BCUT2D eigenvalue weighted by Gasteiger charge is -2.11. The maximum Gasteiger partial charge on any atom is 0.150 e. The van der Waals surface area contributed by atoms with Crippen molar-refractivity contribution >= 4 is 21.4 Å². The first kappa shape index (κ1) is 14.4. The third-order valence-corrected chi connectivity index (χ3v) is 4.64. The molecule has 0 aromatic carbocycles. The van der Waals surface area contributed by atoms with Crippen molar-refractivity contribution in [3.05, 3.63) is 29.0 Å². The van der Waals surface area contributed by atoms with Gasteiger partial charge in [0.2, 0.25) is 0 Å². The Morgan fingerprint density at radius 1 is 1.53 bits per heavy atom. The van der Waals surface area contributed by atoms with Crippen LogP contribution in [0.5, 0.6) is 0 Å². The van der Waals surface area contributed by atoms with Gasteiger partial charge >= 0.3 is 0 Å². The highest BCUT2D eigenvalue weighted by Crippen LogP contribution is 2.25. The number of aliphatic hydroxyl groups excluding tert-OH is 1. The average molecular weight is 278 g/mol. The Morgan fingerprint density at radius 3 is 2.82 bits per heavy atom. The summed E-state index contributed by atoms with van der Waals surface area (Å²) in [5.74, 6) is 0.238. The summed E-state index contributed by atoms with van der Waals surface area (Å²) < 4.78 is 22.5. The zero-order chi connectivity index (χ0) is 12.9. The normalized spacial score (nSPS) is 13.6. The molecule has 96 valence electrons. The van der Waals surface area contributed by atoms with Crippen molar-refractivity contribution in [3.8, 4) is 0 Å². The molecule has 0 fully saturated rings. The first-order chi connectivity index (χ1) is 7.96. The van der Waals surface area contributed by atoms with E-state index in [0.717, 1.165) is 0 Å². The molecule has 1 aromatic rings. The minimum atomic E-state index is -2.96. The number of rotatable bonds is 6. The highest BCUT2D eigenvalue weighted by atomic mass is 35.5. The standard InChI is InChI=1S/C11H16ClNO3S/c1-2-17(15,16)7-3-4-11(14)9-5-6-13-8-10(9)12/h5-6,8,11,14H,2-4,7H2,1H3. The van der Waals surface area contributed by atoms with Gasteiger partial charge in [-0.05, 0) is 18.9 Å². The second-order valence-electron chi connectivity index (χ2n) is 3.79. The zero-order valence-electron chi connectivity index (χ0n) is 9.63. The van der Waals surface area contributed by atoms with Crippen LogP contribution >= 0.6 is 11.6 Å². The van der Waals surface area contributed by atoms with Gasteiger partial charge in [-0.3, -0.25) is 4.98 Å². The predicted molar refractivity (Wildman–Crippen MR) is 67.8 cm³/mol. The topological polar surface area (TPSA) is 67.3 Å². The van der Waals surface area contributed by atoms with Crippen LogP contribution in [0.1, 0.15) is 31.4 Å². The molecule has 17 heavy (non-hydrogen) atoms. The van der Waals surface area contributed by atoms with Crippen LogP contribution in [-0.2, 0) is 9.84 Å². The van der Waals surface area contributed by atoms with Gasteiger partial charge in [-0.2, -0.15) is 0 Å². The third kappa shape index (κ3) is 4.61. The highest BCUT2D eigenvalue weighted by Gasteiger charge is 2.13. The van der Waals surface area contributed by atoms with Crippen LogP contribution in [-0.4, -0.2) is 30.0 Å². The van der Waals surface area contributed by atoms with Gasteiger partial charge in [0.25, 0.3) is 0 Å². The van der Waals surface area contributed by atoms with Crippen LogP contribution in [0, 0.1) is 0 Å². The summed E-state index contributed by atoms with van der Waals surface area (Å²) in [6.45, 7) is 1.62. The van der Waals surface area contributed by atoms with Crippen LogP contribution in [0.2, 0.25) is 5.02 Å². The molecule has 0 bridgehead atoms. The van der Waals surface area contributed by atoms with Gasteiger partial charge in [0, 0.05) is 23.7 Å². The molecule has 0 aliphatic heterocycles. The van der Waals surface area contributed by atoms with Crippen molar-refractivity contribution in [2.75, 3.05) is 11.5 Å². The first-order valence-electron chi connectivity index (χ1n) is 5.44. The molecule has 0 spiro atoms. The predicted octanol–water partition coefficient (Wildman–Crippen LogP) is 1.98. The van der Waals surface area contributed by atoms with Crippen LogP contribution in [0.3, 0.4) is 0 Å². The number of aromatic nitrogens is 1. The molecule has 1 N–H and O–H groups in total. The molecule has 1 heterocycles. The van der Waals surface area contributed by atoms with Crippen molar-refractivity contribution in [3.63, 3.8) is 0 Å². The molecule has 1 atom stereocenters. The second-order valence-corrected chi connectivity index (χ2v) is 6.67. The zero-order valence-corrected chi connectivity index (χ0v) is 11.2. The van der Waals surface area contributed by atoms with E-state index in [1.807, 2.05) is 0 Å². The van der Waals surface area contributed by atoms with E-state index < -0.39 is 15.9 Å². The molecule has 0 radical (unpaired) electrons. The third-order valence-electron chi connectivity index (χ3n) is 2.54. The molecule has 0 amide bonds. The number of aliphatic hydroxyl groups is 1. The van der Waals surface area contributed by atoms with E-state index in [0.29, 0.717) is 23.4 Å². The van der Waals surface area contributed by atoms with E-state index in [-0.39, 0.29) is 11.5 Å². The quantitative estimate of drug-likeness (QED) is 0.863. The van der Waals surface area contributed by atoms with Gasteiger partial charge in [-0.1, -0.05) is 18.5 Å². The number of hydrogen-bond donors (Lipinski definition) is 1. The molecule has 0 aliphatic carbocycles. The summed E-state index contributed by atoms with van der Waals surface area (Å²) >= 11 is 5.87. The van der Waals surface area contributed by atoms with Gasteiger partial charge in [0.05, 0.1) is 16.9 Å². The lowest BCUT2D eigenvalue weighted by molar-refractivity contribution is 0.166. The van der Waals surface area contributed by atoms with Gasteiger partial charge < -0.3 is 5.11 Å². The van der Waals surface area contributed by atoms with Crippen molar-refractivity contribution in [1.82, 2.24) is 4.98 Å². The summed E-state index contributed by atoms with van der Waals surface area (Å²) in [6.07, 6.45) is 3.08. The number of sulfone groups is 1. The van der Waals surface area contributed by atoms with E-state index in [1.54, 1.807) is 19.2 Å². The Morgan fingerprint density at radius 2 is 2.24 bits per heavy atom. The van der Waals surface area contributed by atoms with Crippen molar-refractivity contribution < 1.29 is 13.5 Å². The molecule has 1 rings (SSSR count). The van der Waals surface area contributed by atoms with Gasteiger partial charge in [0.15, 0.2) is 0 Å². The maximum absolute atomic E-state index is 11.3. The van der Waals surface area contributed by atoms with Gasteiger partial charge in [-0.15, -0.1) is 0 Å². The smallest absolute Gasteiger partial charge is 0.150 e. The molecule has 0 saturated heterocycles. The SMILES string of the molecule is CCS(=O)(=O)CCCC(O)c1ccncc1Cl. The summed E-state index contributed by atoms with van der Waals surface area (Å²) in [6, 6.07) is 1.64. The van der Waals surface area contributed by atoms with Crippen molar-refractivity contribution in [1.29, 1.82) is 0 Å². The van der Waals surface area contributed by atoms with E-state index >= 15 is 0 Å². The molecule has 0 aliphatic rings. The Hall–Kier alpha value is -0.650. The van der Waals surface area contributed by atoms with Crippen LogP contribution < -0.4 is 0 Å². The molecule has 6 heteroatoms. The summed E-state index contributed by atoms with van der Waals surface area (Å²) in [5.41, 5.74) is 0.593. The number of nitrogens with zero attached hydrogens (tertiary/aromatic N) is 1. The fourth-order valence-corrected chi connectivity index (χ4v) is 2.59. The maximum atomic E-state index is 11.3. The van der Waals surface area contributed by atoms with E-state index in [1.165, 1.54) is 6.20 Å². The van der Waals surface area contributed by atoms with E-state index in [9.17, 15) is 13.5 Å². The lowest BCUT2D eigenvalue weighted by Crippen LogP contribution is -2.10. The molecule has 1 unspecified atom stereocenters. The van der Waals surface area contributed by atoms with Crippen LogP contribution in [0.4, 0.5) is 0 Å². The Balaban J connectivity index is 2.51. The molecule has 4 nitrogen and oxygen atoms in total. The van der Waals surface area contributed by atoms with E-state index in [4.69, 9.17) is 11.6 Å². The van der Waals surface area contributed by atoms with Crippen molar-refractivity contribution in [2.45, 2.75) is 25.9 Å². The number of pyridine rings is 1. The van der Waals surface area contributed by atoms with E-state index in [2.05, 4.69) is 4.98 Å². The second kappa shape index (κ2) is 6.33. The Bertz CT molecular complexity index is 462. The molecular formula is C11H16ClNO3S. The van der Waals surface area contributed by atoms with Crippen LogP contribution in [0.15, 0.2) is 18.5 Å². The summed E-state index contributed by atoms with van der Waals surface area (Å²) in [4.78, 5) is 3.82. The number of halogens is 1.